The van der Waals surface area contributed by atoms with Crippen LogP contribution in [0, 0.1) is 10.1 Å². The lowest BCUT2D eigenvalue weighted by Crippen LogP contribution is -2.24. The highest BCUT2D eigenvalue weighted by molar-refractivity contribution is 5.76. The SMILES string of the molecule is O=C(O)[C@@H](COCC(O)CO)c1ccc([N+](=O)[O-])cc1. The van der Waals surface area contributed by atoms with E-state index in [1.165, 1.54) is 24.3 Å². The highest BCUT2D eigenvalue weighted by Crippen LogP contribution is 2.20. The molecule has 20 heavy (non-hydrogen) atoms. The quantitative estimate of drug-likeness (QED) is 0.457. The standard InChI is InChI=1S/C12H15NO7/c14-5-10(15)6-20-7-11(12(16)17)8-1-3-9(4-2-8)13(18)19/h1-4,10-11,14-15H,5-7H2,(H,16,17)/t10?,11-/m0/s1. The van der Waals surface area contributed by atoms with E-state index in [2.05, 4.69) is 0 Å². The number of carboxylic acids is 1. The second-order valence-electron chi connectivity index (χ2n) is 4.11. The number of ether oxygens (including phenoxy) is 1. The molecule has 0 saturated heterocycles. The van der Waals surface area contributed by atoms with Crippen LogP contribution in [-0.4, -0.2) is 52.1 Å². The highest BCUT2D eigenvalue weighted by atomic mass is 16.6. The molecule has 1 rings (SSSR count). The minimum atomic E-state index is -1.14. The molecule has 0 saturated carbocycles. The molecule has 0 bridgehead atoms. The van der Waals surface area contributed by atoms with Crippen molar-refractivity contribution in [2.24, 2.45) is 0 Å². The van der Waals surface area contributed by atoms with Gasteiger partial charge in [-0.15, -0.1) is 0 Å². The predicted molar refractivity (Wildman–Crippen MR) is 67.4 cm³/mol. The van der Waals surface area contributed by atoms with Crippen LogP contribution < -0.4 is 0 Å². The van der Waals surface area contributed by atoms with Gasteiger partial charge in [0, 0.05) is 12.1 Å². The Morgan fingerprint density at radius 2 is 1.90 bits per heavy atom. The van der Waals surface area contributed by atoms with E-state index in [1.54, 1.807) is 0 Å². The van der Waals surface area contributed by atoms with Gasteiger partial charge in [0.05, 0.1) is 24.7 Å². The van der Waals surface area contributed by atoms with Crippen LogP contribution in [-0.2, 0) is 9.53 Å². The number of nitrogens with zero attached hydrogens (tertiary/aromatic N) is 1. The average Bonchev–Trinajstić information content (AvgIpc) is 2.43. The van der Waals surface area contributed by atoms with Gasteiger partial charge in [-0.05, 0) is 5.56 Å². The van der Waals surface area contributed by atoms with Crippen molar-refractivity contribution >= 4 is 11.7 Å². The lowest BCUT2D eigenvalue weighted by atomic mass is 10.00. The average molecular weight is 285 g/mol. The number of hydrogen-bond donors (Lipinski definition) is 3. The van der Waals surface area contributed by atoms with Crippen LogP contribution in [0.2, 0.25) is 0 Å². The molecule has 0 radical (unpaired) electrons. The molecule has 0 fully saturated rings. The van der Waals surface area contributed by atoms with Crippen molar-refractivity contribution in [1.82, 2.24) is 0 Å². The van der Waals surface area contributed by atoms with Gasteiger partial charge < -0.3 is 20.1 Å². The third-order valence-corrected chi connectivity index (χ3v) is 2.61. The molecule has 8 heteroatoms. The maximum atomic E-state index is 11.1. The molecule has 1 aromatic rings. The van der Waals surface area contributed by atoms with Crippen molar-refractivity contribution in [3.05, 3.63) is 39.9 Å². The molecule has 1 unspecified atom stereocenters. The van der Waals surface area contributed by atoms with Crippen molar-refractivity contribution < 1.29 is 29.8 Å². The number of benzene rings is 1. The maximum absolute atomic E-state index is 11.1. The predicted octanol–water partition coefficient (Wildman–Crippen LogP) is 0.133. The molecule has 2 atom stereocenters. The molecule has 110 valence electrons. The van der Waals surface area contributed by atoms with E-state index in [-0.39, 0.29) is 18.9 Å². The first-order chi connectivity index (χ1) is 9.45. The van der Waals surface area contributed by atoms with Crippen molar-refractivity contribution in [2.45, 2.75) is 12.0 Å². The van der Waals surface area contributed by atoms with E-state index in [1.807, 2.05) is 0 Å². The first-order valence-electron chi connectivity index (χ1n) is 5.79. The van der Waals surface area contributed by atoms with Crippen molar-refractivity contribution in [3.63, 3.8) is 0 Å². The Morgan fingerprint density at radius 3 is 2.35 bits per heavy atom. The summed E-state index contributed by atoms with van der Waals surface area (Å²) in [5.74, 6) is -2.14. The molecule has 1 aromatic carbocycles. The summed E-state index contributed by atoms with van der Waals surface area (Å²) in [5.41, 5.74) is 0.232. The van der Waals surface area contributed by atoms with Crippen molar-refractivity contribution in [3.8, 4) is 0 Å². The minimum Gasteiger partial charge on any atom is -0.481 e. The van der Waals surface area contributed by atoms with Crippen molar-refractivity contribution in [1.29, 1.82) is 0 Å². The van der Waals surface area contributed by atoms with Crippen LogP contribution in [0.4, 0.5) is 5.69 Å². The summed E-state index contributed by atoms with van der Waals surface area (Å²) in [6.07, 6.45) is -1.07. The van der Waals surface area contributed by atoms with Gasteiger partial charge >= 0.3 is 5.97 Å². The zero-order valence-corrected chi connectivity index (χ0v) is 10.5. The van der Waals surface area contributed by atoms with Gasteiger partial charge in [-0.25, -0.2) is 0 Å². The molecule has 0 heterocycles. The first kappa shape index (κ1) is 16.0. The van der Waals surface area contributed by atoms with Gasteiger partial charge in [-0.1, -0.05) is 12.1 Å². The van der Waals surface area contributed by atoms with Crippen LogP contribution in [0.15, 0.2) is 24.3 Å². The number of hydrogen-bond acceptors (Lipinski definition) is 6. The monoisotopic (exact) mass is 285 g/mol. The molecule has 8 nitrogen and oxygen atoms in total. The number of non-ortho nitro benzene ring substituents is 1. The van der Waals surface area contributed by atoms with Gasteiger partial charge in [-0.3, -0.25) is 14.9 Å². The Morgan fingerprint density at radius 1 is 1.30 bits per heavy atom. The molecular weight excluding hydrogens is 270 g/mol. The summed E-state index contributed by atoms with van der Waals surface area (Å²) < 4.78 is 5.02. The normalized spacial score (nSPS) is 13.7. The van der Waals surface area contributed by atoms with Gasteiger partial charge in [0.25, 0.3) is 5.69 Å². The van der Waals surface area contributed by atoms with Crippen LogP contribution in [0.25, 0.3) is 0 Å². The minimum absolute atomic E-state index is 0.130. The Bertz CT molecular complexity index is 459. The molecule has 0 spiro atoms. The molecule has 0 aliphatic carbocycles. The van der Waals surface area contributed by atoms with Gasteiger partial charge in [0.15, 0.2) is 0 Å². The zero-order valence-electron chi connectivity index (χ0n) is 10.5. The maximum Gasteiger partial charge on any atom is 0.313 e. The number of carbonyl (C=O) groups is 1. The largest absolute Gasteiger partial charge is 0.481 e. The summed E-state index contributed by atoms with van der Waals surface area (Å²) in [6.45, 7) is -0.868. The number of carboxylic acid groups (broad SMARTS) is 1. The summed E-state index contributed by atoms with van der Waals surface area (Å²) in [5, 5.41) is 37.3. The van der Waals surface area contributed by atoms with E-state index in [0.29, 0.717) is 5.56 Å². The van der Waals surface area contributed by atoms with E-state index < -0.39 is 29.5 Å². The molecule has 3 N–H and O–H groups in total. The number of aliphatic hydroxyl groups is 2. The molecule has 0 aliphatic heterocycles. The number of rotatable bonds is 8. The molecule has 0 aliphatic rings. The van der Waals surface area contributed by atoms with Crippen molar-refractivity contribution in [2.75, 3.05) is 19.8 Å². The van der Waals surface area contributed by atoms with Crippen LogP contribution in [0.5, 0.6) is 0 Å². The topological polar surface area (TPSA) is 130 Å². The zero-order chi connectivity index (χ0) is 15.1. The van der Waals surface area contributed by atoms with Gasteiger partial charge in [0.2, 0.25) is 0 Å². The Kier molecular flexibility index (Phi) is 6.04. The molecule has 0 amide bonds. The van der Waals surface area contributed by atoms with Gasteiger partial charge in [-0.2, -0.15) is 0 Å². The number of aliphatic carboxylic acids is 1. The summed E-state index contributed by atoms with van der Waals surface area (Å²) in [6, 6.07) is 5.13. The molecular formula is C12H15NO7. The molecule has 0 aromatic heterocycles. The summed E-state index contributed by atoms with van der Waals surface area (Å²) in [4.78, 5) is 21.1. The number of nitro groups is 1. The van der Waals surface area contributed by atoms with E-state index in [4.69, 9.17) is 20.1 Å². The third-order valence-electron chi connectivity index (χ3n) is 2.61. The van der Waals surface area contributed by atoms with Crippen LogP contribution in [0.1, 0.15) is 11.5 Å². The second kappa shape index (κ2) is 7.53. The lowest BCUT2D eigenvalue weighted by molar-refractivity contribution is -0.384. The first-order valence-corrected chi connectivity index (χ1v) is 5.79. The summed E-state index contributed by atoms with van der Waals surface area (Å²) in [7, 11) is 0. The van der Waals surface area contributed by atoms with Gasteiger partial charge in [0.1, 0.15) is 12.0 Å². The fourth-order valence-corrected chi connectivity index (χ4v) is 1.51. The van der Waals surface area contributed by atoms with E-state index in [0.717, 1.165) is 0 Å². The smallest absolute Gasteiger partial charge is 0.313 e. The van der Waals surface area contributed by atoms with Crippen LogP contribution >= 0.6 is 0 Å². The Hall–Kier alpha value is -2.03. The Balaban J connectivity index is 2.70. The van der Waals surface area contributed by atoms with Crippen LogP contribution in [0.3, 0.4) is 0 Å². The fourth-order valence-electron chi connectivity index (χ4n) is 1.51. The number of aliphatic hydroxyl groups excluding tert-OH is 2. The third kappa shape index (κ3) is 4.57. The Labute approximate surface area is 114 Å². The number of nitro benzene ring substituents is 1. The van der Waals surface area contributed by atoms with E-state index in [9.17, 15) is 14.9 Å². The highest BCUT2D eigenvalue weighted by Gasteiger charge is 2.21. The lowest BCUT2D eigenvalue weighted by Gasteiger charge is -2.14. The fraction of sp³-hybridized carbons (Fsp3) is 0.417. The second-order valence-corrected chi connectivity index (χ2v) is 4.11. The van der Waals surface area contributed by atoms with E-state index >= 15 is 0 Å². The summed E-state index contributed by atoms with van der Waals surface area (Å²) >= 11 is 0.